The fraction of sp³-hybridized carbons (Fsp3) is 0.111. The molecule has 0 unspecified atom stereocenters. The molecule has 1 rings (SSSR count). The third kappa shape index (κ3) is 3.94. The molecule has 0 saturated carbocycles. The van der Waals surface area contributed by atoms with Crippen LogP contribution in [0.3, 0.4) is 0 Å². The Balaban J connectivity index is 0. The molecule has 0 saturated heterocycles. The van der Waals surface area contributed by atoms with Gasteiger partial charge in [-0.3, -0.25) is 0 Å². The van der Waals surface area contributed by atoms with Crippen LogP contribution in [0.1, 0.15) is 1.43 Å². The standard InChI is InChI=1S/C9H11NO2S.Na.H/c1-2-8-10-13(11,12)9-6-4-3-5-7-9;;/h2-7,10H,1,8H2;;/q;+1;-1. The molecule has 0 aliphatic heterocycles. The van der Waals surface area contributed by atoms with E-state index in [4.69, 9.17) is 0 Å². The molecule has 0 amide bonds. The van der Waals surface area contributed by atoms with Gasteiger partial charge >= 0.3 is 29.6 Å². The first kappa shape index (κ1) is 13.9. The fourth-order valence-corrected chi connectivity index (χ4v) is 1.87. The maximum atomic E-state index is 11.4. The van der Waals surface area contributed by atoms with Crippen molar-refractivity contribution < 1.29 is 39.4 Å². The smallest absolute Gasteiger partial charge is 1.00 e. The third-order valence-corrected chi connectivity index (χ3v) is 2.91. The normalized spacial score (nSPS) is 10.3. The Kier molecular flexibility index (Phi) is 6.31. The molecular weight excluding hydrogens is 209 g/mol. The second-order valence-electron chi connectivity index (χ2n) is 2.45. The van der Waals surface area contributed by atoms with E-state index in [1.54, 1.807) is 30.3 Å². The molecule has 1 aromatic carbocycles. The average Bonchev–Trinajstić information content (AvgIpc) is 2.16. The van der Waals surface area contributed by atoms with Gasteiger partial charge < -0.3 is 1.43 Å². The summed E-state index contributed by atoms with van der Waals surface area (Å²) in [5.74, 6) is 0. The van der Waals surface area contributed by atoms with Crippen LogP contribution in [-0.2, 0) is 10.0 Å². The summed E-state index contributed by atoms with van der Waals surface area (Å²) in [7, 11) is -3.34. The summed E-state index contributed by atoms with van der Waals surface area (Å²) < 4.78 is 25.2. The second kappa shape index (κ2) is 6.37. The summed E-state index contributed by atoms with van der Waals surface area (Å²) in [5, 5.41) is 0. The van der Waals surface area contributed by atoms with E-state index in [0.29, 0.717) is 0 Å². The Morgan fingerprint density at radius 3 is 2.43 bits per heavy atom. The van der Waals surface area contributed by atoms with Crippen LogP contribution >= 0.6 is 0 Å². The van der Waals surface area contributed by atoms with E-state index in [2.05, 4.69) is 11.3 Å². The SMILES string of the molecule is C=CCNS(=O)(=O)c1ccccc1.[H-].[Na+]. The minimum atomic E-state index is -3.34. The predicted octanol–water partition coefficient (Wildman–Crippen LogP) is -1.73. The molecule has 0 aromatic heterocycles. The van der Waals surface area contributed by atoms with E-state index in [0.717, 1.165) is 0 Å². The van der Waals surface area contributed by atoms with Crippen molar-refractivity contribution in [3.63, 3.8) is 0 Å². The summed E-state index contributed by atoms with van der Waals surface area (Å²) in [4.78, 5) is 0.275. The van der Waals surface area contributed by atoms with Gasteiger partial charge in [0.25, 0.3) is 0 Å². The molecule has 0 radical (unpaired) electrons. The van der Waals surface area contributed by atoms with Crippen molar-refractivity contribution in [2.24, 2.45) is 0 Å². The van der Waals surface area contributed by atoms with Crippen molar-refractivity contribution in [1.29, 1.82) is 0 Å². The number of sulfonamides is 1. The fourth-order valence-electron chi connectivity index (χ4n) is 0.852. The number of hydrogen-bond donors (Lipinski definition) is 1. The van der Waals surface area contributed by atoms with E-state index < -0.39 is 10.0 Å². The van der Waals surface area contributed by atoms with Gasteiger partial charge in [-0.1, -0.05) is 24.3 Å². The van der Waals surface area contributed by atoms with Crippen LogP contribution in [-0.4, -0.2) is 15.0 Å². The van der Waals surface area contributed by atoms with Crippen LogP contribution in [0.15, 0.2) is 47.9 Å². The summed E-state index contributed by atoms with van der Waals surface area (Å²) in [5.41, 5.74) is 0. The molecule has 14 heavy (non-hydrogen) atoms. The van der Waals surface area contributed by atoms with E-state index in [-0.39, 0.29) is 42.4 Å². The number of hydrogen-bond acceptors (Lipinski definition) is 2. The van der Waals surface area contributed by atoms with Crippen LogP contribution in [0.25, 0.3) is 0 Å². The molecule has 0 fully saturated rings. The van der Waals surface area contributed by atoms with Gasteiger partial charge in [0.15, 0.2) is 0 Å². The minimum absolute atomic E-state index is 0. The van der Waals surface area contributed by atoms with Crippen LogP contribution in [0, 0.1) is 0 Å². The number of rotatable bonds is 4. The molecule has 72 valence electrons. The van der Waals surface area contributed by atoms with Gasteiger partial charge in [0.05, 0.1) is 4.90 Å². The predicted molar refractivity (Wildman–Crippen MR) is 52.9 cm³/mol. The van der Waals surface area contributed by atoms with Gasteiger partial charge in [0.1, 0.15) is 0 Å². The Morgan fingerprint density at radius 2 is 1.93 bits per heavy atom. The monoisotopic (exact) mass is 221 g/mol. The first-order chi connectivity index (χ1) is 6.17. The number of benzene rings is 1. The van der Waals surface area contributed by atoms with E-state index in [9.17, 15) is 8.42 Å². The van der Waals surface area contributed by atoms with Crippen molar-refractivity contribution in [1.82, 2.24) is 4.72 Å². The van der Waals surface area contributed by atoms with E-state index in [1.165, 1.54) is 6.08 Å². The molecule has 1 N–H and O–H groups in total. The summed E-state index contributed by atoms with van der Waals surface area (Å²) >= 11 is 0. The molecular formula is C9H12NNaO2S. The zero-order chi connectivity index (χ0) is 9.73. The van der Waals surface area contributed by atoms with Crippen molar-refractivity contribution in [2.45, 2.75) is 4.90 Å². The summed E-state index contributed by atoms with van der Waals surface area (Å²) in [6.45, 7) is 3.68. The maximum Gasteiger partial charge on any atom is 1.00 e. The van der Waals surface area contributed by atoms with Gasteiger partial charge in [-0.15, -0.1) is 6.58 Å². The van der Waals surface area contributed by atoms with Gasteiger partial charge in [0.2, 0.25) is 10.0 Å². The van der Waals surface area contributed by atoms with Gasteiger partial charge in [-0.25, -0.2) is 13.1 Å². The summed E-state index contributed by atoms with van der Waals surface area (Å²) in [6.07, 6.45) is 1.50. The Bertz CT molecular complexity index is 380. The maximum absolute atomic E-state index is 11.4. The molecule has 0 aliphatic carbocycles. The topological polar surface area (TPSA) is 46.2 Å². The number of nitrogens with one attached hydrogen (secondary N) is 1. The second-order valence-corrected chi connectivity index (χ2v) is 4.22. The van der Waals surface area contributed by atoms with Crippen molar-refractivity contribution in [3.05, 3.63) is 43.0 Å². The van der Waals surface area contributed by atoms with Gasteiger partial charge in [-0.2, -0.15) is 0 Å². The van der Waals surface area contributed by atoms with Gasteiger partial charge in [0, 0.05) is 6.54 Å². The third-order valence-electron chi connectivity index (χ3n) is 1.47. The quantitative estimate of drug-likeness (QED) is 0.485. The van der Waals surface area contributed by atoms with Crippen molar-refractivity contribution >= 4 is 10.0 Å². The Labute approximate surface area is 108 Å². The molecule has 0 atom stereocenters. The first-order valence-corrected chi connectivity index (χ1v) is 5.31. The molecule has 0 heterocycles. The van der Waals surface area contributed by atoms with E-state index >= 15 is 0 Å². The molecule has 5 heteroatoms. The van der Waals surface area contributed by atoms with Gasteiger partial charge in [-0.05, 0) is 12.1 Å². The summed E-state index contributed by atoms with van der Waals surface area (Å²) in [6, 6.07) is 8.23. The Hall–Kier alpha value is -0.130. The molecule has 1 aromatic rings. The van der Waals surface area contributed by atoms with Crippen LogP contribution < -0.4 is 34.3 Å². The first-order valence-electron chi connectivity index (χ1n) is 3.82. The van der Waals surface area contributed by atoms with Crippen LogP contribution in [0.4, 0.5) is 0 Å². The minimum Gasteiger partial charge on any atom is -1.00 e. The molecule has 0 aliphatic rings. The molecule has 0 bridgehead atoms. The van der Waals surface area contributed by atoms with E-state index in [1.807, 2.05) is 0 Å². The molecule has 3 nitrogen and oxygen atoms in total. The van der Waals surface area contributed by atoms with Crippen molar-refractivity contribution in [2.75, 3.05) is 6.54 Å². The average molecular weight is 221 g/mol. The molecule has 0 spiro atoms. The van der Waals surface area contributed by atoms with Crippen LogP contribution in [0.2, 0.25) is 0 Å². The van der Waals surface area contributed by atoms with Crippen LogP contribution in [0.5, 0.6) is 0 Å². The zero-order valence-corrected chi connectivity index (χ0v) is 10.9. The zero-order valence-electron chi connectivity index (χ0n) is 9.10. The van der Waals surface area contributed by atoms with Crippen molar-refractivity contribution in [3.8, 4) is 0 Å². The largest absolute Gasteiger partial charge is 1.00 e. The Morgan fingerprint density at radius 1 is 1.36 bits per heavy atom.